The number of carbonyl (C=O) groups excluding carboxylic acids is 1. The molecule has 0 aliphatic carbocycles. The van der Waals surface area contributed by atoms with Gasteiger partial charge in [0.1, 0.15) is 17.9 Å². The number of aromatic nitrogens is 2. The highest BCUT2D eigenvalue weighted by atomic mass is 16.2. The lowest BCUT2D eigenvalue weighted by atomic mass is 10.1. The van der Waals surface area contributed by atoms with Crippen molar-refractivity contribution in [1.29, 1.82) is 5.26 Å². The number of anilines is 1. The lowest BCUT2D eigenvalue weighted by Crippen LogP contribution is -2.43. The third-order valence-corrected chi connectivity index (χ3v) is 5.14. The van der Waals surface area contributed by atoms with Gasteiger partial charge in [-0.25, -0.2) is 4.98 Å². The number of para-hydroxylation sites is 2. The number of likely N-dealkylation sites (N-methyl/N-ethyl adjacent to an activating group) is 1. The molecule has 3 heterocycles. The molecule has 0 N–H and O–H groups in total. The van der Waals surface area contributed by atoms with Crippen molar-refractivity contribution in [3.05, 3.63) is 41.5 Å². The second kappa shape index (κ2) is 6.03. The zero-order valence-corrected chi connectivity index (χ0v) is 15.2. The zero-order chi connectivity index (χ0) is 18.4. The Morgan fingerprint density at radius 2 is 2.12 bits per heavy atom. The molecule has 0 bridgehead atoms. The first-order chi connectivity index (χ1) is 12.5. The molecule has 0 saturated carbocycles. The number of aryl methyl sites for hydroxylation is 1. The van der Waals surface area contributed by atoms with Crippen LogP contribution in [-0.2, 0) is 4.79 Å². The number of nitrogens with zero attached hydrogens (tertiary/aromatic N) is 5. The molecule has 4 rings (SSSR count). The molecular weight excluding hydrogens is 326 g/mol. The van der Waals surface area contributed by atoms with Crippen molar-refractivity contribution >= 4 is 28.4 Å². The number of pyridine rings is 1. The Bertz CT molecular complexity index is 1060. The Morgan fingerprint density at radius 1 is 1.35 bits per heavy atom. The van der Waals surface area contributed by atoms with Crippen molar-refractivity contribution in [2.24, 2.45) is 0 Å². The van der Waals surface area contributed by atoms with Crippen molar-refractivity contribution < 1.29 is 4.79 Å². The Hall–Kier alpha value is -3.07. The van der Waals surface area contributed by atoms with E-state index in [0.29, 0.717) is 11.2 Å². The predicted octanol–water partition coefficient (Wildman–Crippen LogP) is 2.72. The van der Waals surface area contributed by atoms with Gasteiger partial charge in [-0.15, -0.1) is 0 Å². The van der Waals surface area contributed by atoms with Crippen LogP contribution in [0.4, 0.5) is 5.82 Å². The Kier molecular flexibility index (Phi) is 3.80. The van der Waals surface area contributed by atoms with Crippen LogP contribution in [0.2, 0.25) is 0 Å². The maximum absolute atomic E-state index is 12.7. The summed E-state index contributed by atoms with van der Waals surface area (Å²) in [5.41, 5.74) is 3.93. The quantitative estimate of drug-likeness (QED) is 0.715. The van der Waals surface area contributed by atoms with E-state index in [4.69, 9.17) is 4.98 Å². The van der Waals surface area contributed by atoms with Crippen LogP contribution in [0.3, 0.4) is 0 Å². The van der Waals surface area contributed by atoms with Gasteiger partial charge in [-0.05, 0) is 43.5 Å². The highest BCUT2D eigenvalue weighted by Gasteiger charge is 2.34. The highest BCUT2D eigenvalue weighted by Crippen LogP contribution is 2.33. The van der Waals surface area contributed by atoms with Crippen LogP contribution >= 0.6 is 0 Å². The molecule has 6 heteroatoms. The van der Waals surface area contributed by atoms with E-state index >= 15 is 0 Å². The first-order valence-corrected chi connectivity index (χ1v) is 8.81. The van der Waals surface area contributed by atoms with Crippen molar-refractivity contribution in [1.82, 2.24) is 14.3 Å². The Balaban J connectivity index is 2.01. The van der Waals surface area contributed by atoms with Gasteiger partial charge in [0.05, 0.1) is 16.6 Å². The molecular formula is C20H21N5O. The Labute approximate surface area is 152 Å². The largest absolute Gasteiger partial charge is 0.347 e. The summed E-state index contributed by atoms with van der Waals surface area (Å²) in [7, 11) is 3.59. The molecule has 0 radical (unpaired) electrons. The normalized spacial score (nSPS) is 17.0. The van der Waals surface area contributed by atoms with E-state index in [9.17, 15) is 10.1 Å². The summed E-state index contributed by atoms with van der Waals surface area (Å²) in [6, 6.07) is 12.0. The molecule has 1 atom stereocenters. The summed E-state index contributed by atoms with van der Waals surface area (Å²) >= 11 is 0. The number of fused-ring (bicyclic) bond motifs is 3. The monoisotopic (exact) mass is 347 g/mol. The number of nitriles is 1. The zero-order valence-electron chi connectivity index (χ0n) is 15.2. The fourth-order valence-corrected chi connectivity index (χ4v) is 3.88. The summed E-state index contributed by atoms with van der Waals surface area (Å²) in [6.07, 6.45) is 1.81. The molecule has 1 unspecified atom stereocenters. The second-order valence-electron chi connectivity index (χ2n) is 7.02. The summed E-state index contributed by atoms with van der Waals surface area (Å²) in [6.45, 7) is 2.75. The van der Waals surface area contributed by atoms with Gasteiger partial charge in [-0.1, -0.05) is 12.1 Å². The van der Waals surface area contributed by atoms with E-state index in [-0.39, 0.29) is 11.9 Å². The molecule has 1 fully saturated rings. The number of hydrogen-bond donors (Lipinski definition) is 0. The van der Waals surface area contributed by atoms with E-state index in [2.05, 4.69) is 11.0 Å². The number of imidazole rings is 1. The van der Waals surface area contributed by atoms with Gasteiger partial charge >= 0.3 is 0 Å². The first-order valence-electron chi connectivity index (χ1n) is 8.81. The minimum absolute atomic E-state index is 0.113. The molecule has 6 nitrogen and oxygen atoms in total. The molecule has 0 spiro atoms. The molecule has 2 aromatic heterocycles. The van der Waals surface area contributed by atoms with Gasteiger partial charge in [-0.3, -0.25) is 9.20 Å². The molecule has 1 amide bonds. The van der Waals surface area contributed by atoms with E-state index in [1.807, 2.05) is 41.7 Å². The molecule has 3 aromatic rings. The average molecular weight is 347 g/mol. The molecule has 1 saturated heterocycles. The van der Waals surface area contributed by atoms with Crippen LogP contribution in [0.5, 0.6) is 0 Å². The predicted molar refractivity (Wildman–Crippen MR) is 101 cm³/mol. The smallest absolute Gasteiger partial charge is 0.244 e. The van der Waals surface area contributed by atoms with E-state index in [1.54, 1.807) is 19.0 Å². The maximum atomic E-state index is 12.7. The van der Waals surface area contributed by atoms with Crippen molar-refractivity contribution in [3.63, 3.8) is 0 Å². The van der Waals surface area contributed by atoms with E-state index < -0.39 is 0 Å². The molecule has 1 aromatic carbocycles. The lowest BCUT2D eigenvalue weighted by Gasteiger charge is -2.29. The number of rotatable bonds is 2. The molecule has 26 heavy (non-hydrogen) atoms. The fourth-order valence-electron chi connectivity index (χ4n) is 3.88. The summed E-state index contributed by atoms with van der Waals surface area (Å²) < 4.78 is 2.03. The van der Waals surface area contributed by atoms with Gasteiger partial charge in [0, 0.05) is 20.6 Å². The van der Waals surface area contributed by atoms with Crippen LogP contribution in [0.25, 0.3) is 16.7 Å². The van der Waals surface area contributed by atoms with Crippen LogP contribution in [-0.4, -0.2) is 46.9 Å². The standard InChI is InChI=1S/C20H21N5O/c1-13-11-18(24-10-6-9-17(24)20(26)23(2)3)25-16-8-5-4-7-15(16)22-19(25)14(13)12-21/h4-5,7-8,11,17H,6,9-10H2,1-3H3. The van der Waals surface area contributed by atoms with Crippen molar-refractivity contribution in [3.8, 4) is 6.07 Å². The third-order valence-electron chi connectivity index (χ3n) is 5.14. The number of amides is 1. The van der Waals surface area contributed by atoms with Crippen LogP contribution in [0, 0.1) is 18.3 Å². The number of hydrogen-bond acceptors (Lipinski definition) is 4. The Morgan fingerprint density at radius 3 is 2.85 bits per heavy atom. The lowest BCUT2D eigenvalue weighted by molar-refractivity contribution is -0.129. The van der Waals surface area contributed by atoms with Crippen LogP contribution in [0.15, 0.2) is 30.3 Å². The summed E-state index contributed by atoms with van der Waals surface area (Å²) in [5.74, 6) is 1.05. The SMILES string of the molecule is Cc1cc(N2CCCC2C(=O)N(C)C)n2c(nc3ccccc32)c1C#N. The van der Waals surface area contributed by atoms with Crippen LogP contribution in [0.1, 0.15) is 24.0 Å². The first kappa shape index (κ1) is 16.4. The van der Waals surface area contributed by atoms with E-state index in [0.717, 1.165) is 41.8 Å². The second-order valence-corrected chi connectivity index (χ2v) is 7.02. The minimum Gasteiger partial charge on any atom is -0.347 e. The minimum atomic E-state index is -0.179. The number of benzene rings is 1. The highest BCUT2D eigenvalue weighted by molar-refractivity contribution is 5.88. The number of carbonyl (C=O) groups is 1. The molecule has 132 valence electrons. The molecule has 1 aliphatic heterocycles. The van der Waals surface area contributed by atoms with Gasteiger partial charge in [0.15, 0.2) is 5.65 Å². The topological polar surface area (TPSA) is 64.6 Å². The fraction of sp³-hybridized carbons (Fsp3) is 0.350. The van der Waals surface area contributed by atoms with Gasteiger partial charge < -0.3 is 9.80 Å². The van der Waals surface area contributed by atoms with E-state index in [1.165, 1.54) is 0 Å². The van der Waals surface area contributed by atoms with Gasteiger partial charge in [-0.2, -0.15) is 5.26 Å². The van der Waals surface area contributed by atoms with Crippen molar-refractivity contribution in [2.45, 2.75) is 25.8 Å². The van der Waals surface area contributed by atoms with Gasteiger partial charge in [0.2, 0.25) is 5.91 Å². The van der Waals surface area contributed by atoms with Gasteiger partial charge in [0.25, 0.3) is 0 Å². The maximum Gasteiger partial charge on any atom is 0.244 e. The van der Waals surface area contributed by atoms with Crippen LogP contribution < -0.4 is 4.90 Å². The third kappa shape index (κ3) is 2.31. The molecule has 1 aliphatic rings. The average Bonchev–Trinajstić information content (AvgIpc) is 3.25. The summed E-state index contributed by atoms with van der Waals surface area (Å²) in [5, 5.41) is 9.63. The van der Waals surface area contributed by atoms with Crippen molar-refractivity contribution in [2.75, 3.05) is 25.5 Å². The summed E-state index contributed by atoms with van der Waals surface area (Å²) in [4.78, 5) is 21.2.